The van der Waals surface area contributed by atoms with Gasteiger partial charge in [0.1, 0.15) is 5.75 Å². The van der Waals surface area contributed by atoms with Gasteiger partial charge in [0.05, 0.1) is 6.54 Å². The fraction of sp³-hybridized carbons (Fsp3) is 0.167. The Morgan fingerprint density at radius 3 is 2.17 bits per heavy atom. The number of aryl methyl sites for hydroxylation is 1. The van der Waals surface area contributed by atoms with Gasteiger partial charge in [-0.05, 0) is 41.8 Å². The highest BCUT2D eigenvalue weighted by Gasteiger charge is 2.16. The van der Waals surface area contributed by atoms with Gasteiger partial charge in [-0.1, -0.05) is 60.7 Å². The van der Waals surface area contributed by atoms with Crippen LogP contribution >= 0.6 is 0 Å². The predicted octanol–water partition coefficient (Wildman–Crippen LogP) is 4.32. The van der Waals surface area contributed by atoms with Gasteiger partial charge < -0.3 is 14.7 Å². The number of hydrogen-bond acceptors (Lipinski definition) is 3. The molecule has 0 saturated heterocycles. The van der Waals surface area contributed by atoms with E-state index in [1.807, 2.05) is 66.7 Å². The van der Waals surface area contributed by atoms with Crippen LogP contribution in [-0.4, -0.2) is 23.6 Å². The SMILES string of the molecule is O=C(O)COc1cccc(CCC(=O)N(Cc2ccccc2)c2ccccc2)c1. The minimum Gasteiger partial charge on any atom is -0.482 e. The lowest BCUT2D eigenvalue weighted by molar-refractivity contribution is -0.139. The number of carboxylic acid groups (broad SMARTS) is 1. The first-order chi connectivity index (χ1) is 14.1. The topological polar surface area (TPSA) is 66.8 Å². The highest BCUT2D eigenvalue weighted by atomic mass is 16.5. The third kappa shape index (κ3) is 6.21. The fourth-order valence-electron chi connectivity index (χ4n) is 3.02. The normalized spacial score (nSPS) is 10.3. The van der Waals surface area contributed by atoms with Crippen LogP contribution in [0.25, 0.3) is 0 Å². The van der Waals surface area contributed by atoms with Crippen molar-refractivity contribution in [3.05, 3.63) is 96.1 Å². The van der Waals surface area contributed by atoms with Crippen molar-refractivity contribution in [1.29, 1.82) is 0 Å². The maximum absolute atomic E-state index is 13.0. The molecule has 0 heterocycles. The third-order valence-electron chi connectivity index (χ3n) is 4.44. The van der Waals surface area contributed by atoms with E-state index in [0.717, 1.165) is 16.8 Å². The highest BCUT2D eigenvalue weighted by Crippen LogP contribution is 2.20. The molecule has 0 radical (unpaired) electrons. The predicted molar refractivity (Wildman–Crippen MR) is 112 cm³/mol. The van der Waals surface area contributed by atoms with Crippen LogP contribution in [0.3, 0.4) is 0 Å². The smallest absolute Gasteiger partial charge is 0.341 e. The van der Waals surface area contributed by atoms with Gasteiger partial charge in [-0.15, -0.1) is 0 Å². The first-order valence-corrected chi connectivity index (χ1v) is 9.45. The molecule has 5 heteroatoms. The minimum atomic E-state index is -1.02. The maximum atomic E-state index is 13.0. The molecule has 0 spiro atoms. The quantitative estimate of drug-likeness (QED) is 0.592. The van der Waals surface area contributed by atoms with Crippen LogP contribution in [0.5, 0.6) is 5.75 Å². The number of carbonyl (C=O) groups is 2. The molecule has 3 aromatic rings. The van der Waals surface area contributed by atoms with Gasteiger partial charge in [0.2, 0.25) is 5.91 Å². The van der Waals surface area contributed by atoms with Crippen molar-refractivity contribution in [3.8, 4) is 5.75 Å². The Morgan fingerprint density at radius 1 is 0.828 bits per heavy atom. The number of amides is 1. The summed E-state index contributed by atoms with van der Waals surface area (Å²) in [7, 11) is 0. The Kier molecular flexibility index (Phi) is 7.00. The number of aliphatic carboxylic acids is 1. The lowest BCUT2D eigenvalue weighted by Gasteiger charge is -2.23. The Balaban J connectivity index is 1.68. The molecular weight excluding hydrogens is 366 g/mol. The fourth-order valence-corrected chi connectivity index (χ4v) is 3.02. The maximum Gasteiger partial charge on any atom is 0.341 e. The van der Waals surface area contributed by atoms with E-state index >= 15 is 0 Å². The summed E-state index contributed by atoms with van der Waals surface area (Å²) >= 11 is 0. The van der Waals surface area contributed by atoms with Gasteiger partial charge in [0.25, 0.3) is 0 Å². The number of anilines is 1. The van der Waals surface area contributed by atoms with Gasteiger partial charge >= 0.3 is 5.97 Å². The standard InChI is InChI=1S/C24H23NO4/c26-23(15-14-19-10-7-13-22(16-19)29-18-24(27)28)25(21-11-5-2-6-12-21)17-20-8-3-1-4-9-20/h1-13,16H,14-15,17-18H2,(H,27,28). The van der Waals surface area contributed by atoms with Crippen molar-refractivity contribution in [1.82, 2.24) is 0 Å². The number of rotatable bonds is 9. The molecule has 29 heavy (non-hydrogen) atoms. The van der Waals surface area contributed by atoms with Crippen molar-refractivity contribution in [2.75, 3.05) is 11.5 Å². The number of benzene rings is 3. The second-order valence-electron chi connectivity index (χ2n) is 6.63. The van der Waals surface area contributed by atoms with E-state index in [-0.39, 0.29) is 12.5 Å². The molecule has 5 nitrogen and oxygen atoms in total. The summed E-state index contributed by atoms with van der Waals surface area (Å²) in [4.78, 5) is 25.5. The number of carboxylic acids is 1. The highest BCUT2D eigenvalue weighted by molar-refractivity contribution is 5.93. The summed E-state index contributed by atoms with van der Waals surface area (Å²) in [5, 5.41) is 8.74. The average Bonchev–Trinajstić information content (AvgIpc) is 2.76. The third-order valence-corrected chi connectivity index (χ3v) is 4.44. The average molecular weight is 389 g/mol. The molecule has 1 N–H and O–H groups in total. The van der Waals surface area contributed by atoms with Crippen LogP contribution in [0.4, 0.5) is 5.69 Å². The van der Waals surface area contributed by atoms with Gasteiger partial charge in [0, 0.05) is 12.1 Å². The number of carbonyl (C=O) groups excluding carboxylic acids is 1. The molecule has 0 bridgehead atoms. The van der Waals surface area contributed by atoms with Crippen molar-refractivity contribution in [2.24, 2.45) is 0 Å². The molecule has 0 aliphatic carbocycles. The molecule has 0 aliphatic heterocycles. The summed E-state index contributed by atoms with van der Waals surface area (Å²) in [6.45, 7) is 0.118. The summed E-state index contributed by atoms with van der Waals surface area (Å²) in [5.74, 6) is -0.511. The molecule has 3 aromatic carbocycles. The van der Waals surface area contributed by atoms with Crippen LogP contribution in [0, 0.1) is 0 Å². The lowest BCUT2D eigenvalue weighted by Crippen LogP contribution is -2.30. The van der Waals surface area contributed by atoms with Crippen LogP contribution in [-0.2, 0) is 22.6 Å². The molecule has 0 fully saturated rings. The Labute approximate surface area is 170 Å². The van der Waals surface area contributed by atoms with E-state index in [2.05, 4.69) is 0 Å². The molecular formula is C24H23NO4. The molecule has 1 amide bonds. The zero-order chi connectivity index (χ0) is 20.5. The van der Waals surface area contributed by atoms with Crippen LogP contribution in [0.1, 0.15) is 17.5 Å². The van der Waals surface area contributed by atoms with E-state index in [1.165, 1.54) is 0 Å². The molecule has 3 rings (SSSR count). The van der Waals surface area contributed by atoms with E-state index in [9.17, 15) is 9.59 Å². The van der Waals surface area contributed by atoms with Crippen LogP contribution < -0.4 is 9.64 Å². The zero-order valence-corrected chi connectivity index (χ0v) is 16.0. The monoisotopic (exact) mass is 389 g/mol. The van der Waals surface area contributed by atoms with Crippen LogP contribution in [0.2, 0.25) is 0 Å². The second kappa shape index (κ2) is 10.1. The molecule has 0 aliphatic rings. The second-order valence-corrected chi connectivity index (χ2v) is 6.63. The van der Waals surface area contributed by atoms with Crippen molar-refractivity contribution in [2.45, 2.75) is 19.4 Å². The zero-order valence-electron chi connectivity index (χ0n) is 16.0. The van der Waals surface area contributed by atoms with E-state index < -0.39 is 5.97 Å². The number of ether oxygens (including phenoxy) is 1. The minimum absolute atomic E-state index is 0.0249. The Bertz CT molecular complexity index is 941. The number of hydrogen-bond donors (Lipinski definition) is 1. The van der Waals surface area contributed by atoms with Crippen molar-refractivity contribution in [3.63, 3.8) is 0 Å². The van der Waals surface area contributed by atoms with Gasteiger partial charge in [-0.3, -0.25) is 4.79 Å². The van der Waals surface area contributed by atoms with E-state index in [1.54, 1.807) is 23.1 Å². The molecule has 0 unspecified atom stereocenters. The van der Waals surface area contributed by atoms with Crippen molar-refractivity contribution >= 4 is 17.6 Å². The molecule has 0 aromatic heterocycles. The summed E-state index contributed by atoms with van der Waals surface area (Å²) < 4.78 is 5.22. The van der Waals surface area contributed by atoms with Gasteiger partial charge in [-0.2, -0.15) is 0 Å². The summed E-state index contributed by atoms with van der Waals surface area (Å²) in [6, 6.07) is 26.7. The summed E-state index contributed by atoms with van der Waals surface area (Å²) in [5.41, 5.74) is 2.85. The lowest BCUT2D eigenvalue weighted by atomic mass is 10.1. The van der Waals surface area contributed by atoms with Crippen molar-refractivity contribution < 1.29 is 19.4 Å². The van der Waals surface area contributed by atoms with E-state index in [4.69, 9.17) is 9.84 Å². The first-order valence-electron chi connectivity index (χ1n) is 9.45. The largest absolute Gasteiger partial charge is 0.482 e. The van der Waals surface area contributed by atoms with Gasteiger partial charge in [0.15, 0.2) is 6.61 Å². The first kappa shape index (κ1) is 20.1. The Hall–Kier alpha value is -3.60. The number of para-hydroxylation sites is 1. The van der Waals surface area contributed by atoms with Gasteiger partial charge in [-0.25, -0.2) is 4.79 Å². The molecule has 0 atom stereocenters. The van der Waals surface area contributed by atoms with E-state index in [0.29, 0.717) is 25.1 Å². The molecule has 0 saturated carbocycles. The van der Waals surface area contributed by atoms with Crippen LogP contribution in [0.15, 0.2) is 84.9 Å². The molecule has 148 valence electrons. The number of nitrogens with zero attached hydrogens (tertiary/aromatic N) is 1. The Morgan fingerprint density at radius 2 is 1.48 bits per heavy atom. The summed E-state index contributed by atoms with van der Waals surface area (Å²) in [6.07, 6.45) is 0.880.